The van der Waals surface area contributed by atoms with Gasteiger partial charge in [0.1, 0.15) is 12.2 Å². The molecule has 7 nitrogen and oxygen atoms in total. The number of benzene rings is 1. The molecule has 2 atom stereocenters. The van der Waals surface area contributed by atoms with E-state index in [0.29, 0.717) is 25.4 Å². The molecule has 23 heavy (non-hydrogen) atoms. The summed E-state index contributed by atoms with van der Waals surface area (Å²) in [5.41, 5.74) is 1.06. The maximum absolute atomic E-state index is 10.2. The maximum atomic E-state index is 10.2. The molecule has 2 aliphatic heterocycles. The molecule has 1 aromatic heterocycles. The summed E-state index contributed by atoms with van der Waals surface area (Å²) in [4.78, 5) is 2.16. The number of hydrogen-bond acceptors (Lipinski definition) is 6. The van der Waals surface area contributed by atoms with Crippen molar-refractivity contribution in [3.8, 4) is 17.2 Å². The fourth-order valence-electron chi connectivity index (χ4n) is 3.07. The van der Waals surface area contributed by atoms with E-state index < -0.39 is 6.10 Å². The highest BCUT2D eigenvalue weighted by molar-refractivity contribution is 5.48. The van der Waals surface area contributed by atoms with Crippen LogP contribution < -0.4 is 14.2 Å². The van der Waals surface area contributed by atoms with Crippen molar-refractivity contribution in [3.63, 3.8) is 0 Å². The number of ether oxygens (including phenoxy) is 3. The first kappa shape index (κ1) is 14.3. The van der Waals surface area contributed by atoms with Crippen molar-refractivity contribution in [2.45, 2.75) is 18.8 Å². The number of aryl methyl sites for hydroxylation is 1. The molecule has 122 valence electrons. The third-order valence-corrected chi connectivity index (χ3v) is 4.15. The van der Waals surface area contributed by atoms with Crippen molar-refractivity contribution in [1.82, 2.24) is 14.7 Å². The van der Waals surface area contributed by atoms with Crippen molar-refractivity contribution in [1.29, 1.82) is 0 Å². The largest absolute Gasteiger partial charge is 0.483 e. The van der Waals surface area contributed by atoms with Crippen LogP contribution >= 0.6 is 0 Å². The van der Waals surface area contributed by atoms with Gasteiger partial charge in [0.05, 0.1) is 12.4 Å². The Morgan fingerprint density at radius 2 is 2.26 bits per heavy atom. The predicted molar refractivity (Wildman–Crippen MR) is 81.5 cm³/mol. The summed E-state index contributed by atoms with van der Waals surface area (Å²) in [6.07, 6.45) is 2.67. The molecule has 0 radical (unpaired) electrons. The summed E-state index contributed by atoms with van der Waals surface area (Å²) in [5.74, 6) is 2.26. The third kappa shape index (κ3) is 2.85. The molecule has 2 aromatic rings. The first-order valence-corrected chi connectivity index (χ1v) is 7.62. The minimum Gasteiger partial charge on any atom is -0.483 e. The number of likely N-dealkylation sites (tertiary alicyclic amines) is 1. The van der Waals surface area contributed by atoms with Crippen LogP contribution in [0.4, 0.5) is 0 Å². The topological polar surface area (TPSA) is 69.0 Å². The number of nitrogens with zero attached hydrogens (tertiary/aromatic N) is 3. The predicted octanol–water partition coefficient (Wildman–Crippen LogP) is 0.773. The van der Waals surface area contributed by atoms with Crippen LogP contribution in [0.15, 0.2) is 30.6 Å². The van der Waals surface area contributed by atoms with Crippen molar-refractivity contribution >= 4 is 0 Å². The quantitative estimate of drug-likeness (QED) is 0.898. The first-order chi connectivity index (χ1) is 11.2. The van der Waals surface area contributed by atoms with Gasteiger partial charge < -0.3 is 19.3 Å². The average molecular weight is 317 g/mol. The van der Waals surface area contributed by atoms with Gasteiger partial charge >= 0.3 is 0 Å². The lowest BCUT2D eigenvalue weighted by atomic mass is 10.2. The molecule has 1 fully saturated rings. The highest BCUT2D eigenvalue weighted by Crippen LogP contribution is 2.36. The Morgan fingerprint density at radius 3 is 3.09 bits per heavy atom. The molecule has 1 N–H and O–H groups in total. The van der Waals surface area contributed by atoms with Gasteiger partial charge in [-0.3, -0.25) is 9.58 Å². The van der Waals surface area contributed by atoms with Gasteiger partial charge in [-0.2, -0.15) is 5.10 Å². The highest BCUT2D eigenvalue weighted by atomic mass is 16.7. The van der Waals surface area contributed by atoms with E-state index in [2.05, 4.69) is 10.00 Å². The van der Waals surface area contributed by atoms with Crippen LogP contribution in [0.3, 0.4) is 0 Å². The Labute approximate surface area is 134 Å². The Kier molecular flexibility index (Phi) is 3.59. The smallest absolute Gasteiger partial charge is 0.231 e. The second kappa shape index (κ2) is 5.75. The van der Waals surface area contributed by atoms with E-state index in [0.717, 1.165) is 17.1 Å². The SMILES string of the molecule is Cn1cc(O[C@@H]2CN(Cc3cccc4c3OCO4)C[C@H]2O)cn1. The maximum Gasteiger partial charge on any atom is 0.231 e. The normalized spacial score (nSPS) is 23.4. The monoisotopic (exact) mass is 317 g/mol. The zero-order valence-electron chi connectivity index (χ0n) is 12.9. The van der Waals surface area contributed by atoms with Crippen molar-refractivity contribution in [2.75, 3.05) is 19.9 Å². The zero-order valence-corrected chi connectivity index (χ0v) is 12.9. The second-order valence-corrected chi connectivity index (χ2v) is 5.92. The summed E-state index contributed by atoms with van der Waals surface area (Å²) in [5, 5.41) is 14.3. The highest BCUT2D eigenvalue weighted by Gasteiger charge is 2.34. The molecule has 3 heterocycles. The Hall–Kier alpha value is -2.25. The molecular weight excluding hydrogens is 298 g/mol. The van der Waals surface area contributed by atoms with E-state index in [1.165, 1.54) is 0 Å². The van der Waals surface area contributed by atoms with E-state index in [1.807, 2.05) is 25.2 Å². The molecule has 0 amide bonds. The van der Waals surface area contributed by atoms with Crippen LogP contribution in [0.2, 0.25) is 0 Å². The second-order valence-electron chi connectivity index (χ2n) is 5.92. The van der Waals surface area contributed by atoms with Gasteiger partial charge in [-0.15, -0.1) is 0 Å². The van der Waals surface area contributed by atoms with Gasteiger partial charge in [0.25, 0.3) is 0 Å². The standard InChI is InChI=1S/C16H19N3O4/c1-18-7-12(5-17-18)23-15-9-19(8-13(15)20)6-11-3-2-4-14-16(11)22-10-21-14/h2-5,7,13,15,20H,6,8-10H2,1H3/t13-,15-/m1/s1. The number of aliphatic hydroxyl groups is 1. The number of β-amino-alcohol motifs (C(OH)–C–C–N with tert-alkyl or cyclic N) is 1. The lowest BCUT2D eigenvalue weighted by Crippen LogP contribution is -2.29. The molecule has 1 aromatic carbocycles. The van der Waals surface area contributed by atoms with Crippen LogP contribution in [0.5, 0.6) is 17.2 Å². The molecule has 0 unspecified atom stereocenters. The van der Waals surface area contributed by atoms with E-state index >= 15 is 0 Å². The van der Waals surface area contributed by atoms with Crippen LogP contribution in [0.25, 0.3) is 0 Å². The minimum atomic E-state index is -0.524. The number of hydrogen-bond donors (Lipinski definition) is 1. The van der Waals surface area contributed by atoms with Crippen molar-refractivity contribution < 1.29 is 19.3 Å². The number of rotatable bonds is 4. The fraction of sp³-hybridized carbons (Fsp3) is 0.438. The number of fused-ring (bicyclic) bond motifs is 1. The summed E-state index contributed by atoms with van der Waals surface area (Å²) in [7, 11) is 1.84. The lowest BCUT2D eigenvalue weighted by Gasteiger charge is -2.17. The van der Waals surface area contributed by atoms with Crippen LogP contribution in [-0.4, -0.2) is 51.9 Å². The summed E-state index contributed by atoms with van der Waals surface area (Å²) >= 11 is 0. The van der Waals surface area contributed by atoms with Crippen molar-refractivity contribution in [3.05, 3.63) is 36.2 Å². The van der Waals surface area contributed by atoms with E-state index in [-0.39, 0.29) is 12.9 Å². The van der Waals surface area contributed by atoms with Crippen molar-refractivity contribution in [2.24, 2.45) is 7.05 Å². The van der Waals surface area contributed by atoms with Gasteiger partial charge in [0.15, 0.2) is 17.2 Å². The van der Waals surface area contributed by atoms with Crippen LogP contribution in [0.1, 0.15) is 5.56 Å². The number of aromatic nitrogens is 2. The summed E-state index contributed by atoms with van der Waals surface area (Å²) in [6.45, 7) is 2.17. The van der Waals surface area contributed by atoms with E-state index in [1.54, 1.807) is 17.1 Å². The molecule has 7 heteroatoms. The van der Waals surface area contributed by atoms with Gasteiger partial charge in [-0.25, -0.2) is 0 Å². The summed E-state index contributed by atoms with van der Waals surface area (Å²) in [6, 6.07) is 5.88. The zero-order chi connectivity index (χ0) is 15.8. The molecule has 0 bridgehead atoms. The number of aliphatic hydroxyl groups excluding tert-OH is 1. The van der Waals surface area contributed by atoms with Gasteiger partial charge in [-0.1, -0.05) is 12.1 Å². The van der Waals surface area contributed by atoms with Gasteiger partial charge in [0, 0.05) is 32.2 Å². The third-order valence-electron chi connectivity index (χ3n) is 4.15. The van der Waals surface area contributed by atoms with Crippen LogP contribution in [-0.2, 0) is 13.6 Å². The molecule has 1 saturated heterocycles. The first-order valence-electron chi connectivity index (χ1n) is 7.62. The Morgan fingerprint density at radius 1 is 1.35 bits per heavy atom. The Bertz CT molecular complexity index is 702. The van der Waals surface area contributed by atoms with Gasteiger partial charge in [-0.05, 0) is 6.07 Å². The molecule has 0 spiro atoms. The summed E-state index contributed by atoms with van der Waals surface area (Å²) < 4.78 is 18.5. The molecule has 0 saturated carbocycles. The Balaban J connectivity index is 1.42. The molecule has 4 rings (SSSR count). The molecule has 2 aliphatic rings. The van der Waals surface area contributed by atoms with E-state index in [9.17, 15) is 5.11 Å². The van der Waals surface area contributed by atoms with Crippen LogP contribution in [0, 0.1) is 0 Å². The van der Waals surface area contributed by atoms with Gasteiger partial charge in [0.2, 0.25) is 6.79 Å². The number of para-hydroxylation sites is 1. The van der Waals surface area contributed by atoms with E-state index in [4.69, 9.17) is 14.2 Å². The average Bonchev–Trinajstić information content (AvgIpc) is 3.22. The lowest BCUT2D eigenvalue weighted by molar-refractivity contribution is 0.0736. The fourth-order valence-corrected chi connectivity index (χ4v) is 3.07. The molecule has 0 aliphatic carbocycles. The molecular formula is C16H19N3O4. The minimum absolute atomic E-state index is 0.256.